The van der Waals surface area contributed by atoms with Gasteiger partial charge in [-0.15, -0.1) is 0 Å². The zero-order valence-corrected chi connectivity index (χ0v) is 13.5. The Morgan fingerprint density at radius 1 is 1.39 bits per heavy atom. The molecule has 0 spiro atoms. The molecule has 1 aliphatic heterocycles. The highest BCUT2D eigenvalue weighted by molar-refractivity contribution is 5.87. The second-order valence-electron chi connectivity index (χ2n) is 6.01. The van der Waals surface area contributed by atoms with E-state index >= 15 is 0 Å². The number of hydrogen-bond donors (Lipinski definition) is 3. The number of amides is 2. The van der Waals surface area contributed by atoms with Gasteiger partial charge in [0.05, 0.1) is 12.3 Å². The molecule has 0 bridgehead atoms. The van der Waals surface area contributed by atoms with Crippen molar-refractivity contribution in [1.29, 1.82) is 0 Å². The monoisotopic (exact) mass is 321 g/mol. The van der Waals surface area contributed by atoms with Crippen molar-refractivity contribution < 1.29 is 19.8 Å². The minimum atomic E-state index is -1.05. The molecule has 3 N–H and O–H groups in total. The SMILES string of the molecule is CC(=O)N[C@H](CO)C(=O)N1CCC(O)(c2ccc(C)cn2)CC1. The summed E-state index contributed by atoms with van der Waals surface area (Å²) >= 11 is 0. The van der Waals surface area contributed by atoms with Gasteiger partial charge < -0.3 is 20.4 Å². The molecule has 23 heavy (non-hydrogen) atoms. The van der Waals surface area contributed by atoms with Crippen LogP contribution < -0.4 is 5.32 Å². The lowest BCUT2D eigenvalue weighted by atomic mass is 9.87. The Bertz CT molecular complexity index is 565. The summed E-state index contributed by atoms with van der Waals surface area (Å²) in [7, 11) is 0. The van der Waals surface area contributed by atoms with Gasteiger partial charge in [0.15, 0.2) is 0 Å². The van der Waals surface area contributed by atoms with Crippen LogP contribution in [0, 0.1) is 6.92 Å². The molecule has 1 aromatic heterocycles. The number of likely N-dealkylation sites (tertiary alicyclic amines) is 1. The molecule has 2 amide bonds. The van der Waals surface area contributed by atoms with Crippen molar-refractivity contribution in [2.45, 2.75) is 38.3 Å². The average Bonchev–Trinajstić information content (AvgIpc) is 2.53. The molecule has 0 aromatic carbocycles. The summed E-state index contributed by atoms with van der Waals surface area (Å²) in [6.07, 6.45) is 2.45. The number of aromatic nitrogens is 1. The Labute approximate surface area is 135 Å². The van der Waals surface area contributed by atoms with E-state index in [0.717, 1.165) is 5.56 Å². The first-order chi connectivity index (χ1) is 10.9. The molecule has 1 aliphatic rings. The fraction of sp³-hybridized carbons (Fsp3) is 0.562. The molecular weight excluding hydrogens is 298 g/mol. The van der Waals surface area contributed by atoms with Crippen LogP contribution in [0.2, 0.25) is 0 Å². The van der Waals surface area contributed by atoms with Gasteiger partial charge in [-0.05, 0) is 31.4 Å². The second kappa shape index (κ2) is 7.06. The van der Waals surface area contributed by atoms with E-state index in [9.17, 15) is 19.8 Å². The van der Waals surface area contributed by atoms with Gasteiger partial charge in [-0.2, -0.15) is 0 Å². The fourth-order valence-electron chi connectivity index (χ4n) is 2.75. The van der Waals surface area contributed by atoms with E-state index in [1.165, 1.54) is 6.92 Å². The fourth-order valence-corrected chi connectivity index (χ4v) is 2.75. The average molecular weight is 321 g/mol. The summed E-state index contributed by atoms with van der Waals surface area (Å²) in [5, 5.41) is 22.4. The smallest absolute Gasteiger partial charge is 0.247 e. The molecule has 126 valence electrons. The molecule has 0 aliphatic carbocycles. The normalized spacial score (nSPS) is 18.3. The molecule has 7 nitrogen and oxygen atoms in total. The quantitative estimate of drug-likeness (QED) is 0.706. The number of piperidine rings is 1. The highest BCUT2D eigenvalue weighted by Gasteiger charge is 2.37. The predicted molar refractivity (Wildman–Crippen MR) is 83.4 cm³/mol. The lowest BCUT2D eigenvalue weighted by Crippen LogP contribution is -2.54. The van der Waals surface area contributed by atoms with Gasteiger partial charge in [0.2, 0.25) is 11.8 Å². The number of aryl methyl sites for hydroxylation is 1. The molecule has 2 rings (SSSR count). The Morgan fingerprint density at radius 2 is 2.04 bits per heavy atom. The van der Waals surface area contributed by atoms with Crippen LogP contribution in [0.1, 0.15) is 31.0 Å². The third-order valence-electron chi connectivity index (χ3n) is 4.15. The molecule has 0 radical (unpaired) electrons. The van der Waals surface area contributed by atoms with Crippen LogP contribution in [0.15, 0.2) is 18.3 Å². The maximum absolute atomic E-state index is 12.3. The van der Waals surface area contributed by atoms with Crippen LogP contribution in [-0.2, 0) is 15.2 Å². The lowest BCUT2D eigenvalue weighted by Gasteiger charge is -2.38. The first-order valence-electron chi connectivity index (χ1n) is 7.68. The number of pyridine rings is 1. The van der Waals surface area contributed by atoms with Crippen LogP contribution in [0.5, 0.6) is 0 Å². The Kier molecular flexibility index (Phi) is 5.33. The number of aliphatic hydroxyl groups excluding tert-OH is 1. The molecule has 2 heterocycles. The van der Waals surface area contributed by atoms with Gasteiger partial charge >= 0.3 is 0 Å². The summed E-state index contributed by atoms with van der Waals surface area (Å²) in [6.45, 7) is 3.48. The molecule has 1 atom stereocenters. The summed E-state index contributed by atoms with van der Waals surface area (Å²) in [5.41, 5.74) is 0.578. The number of carbonyl (C=O) groups excluding carboxylic acids is 2. The maximum Gasteiger partial charge on any atom is 0.247 e. The number of nitrogens with one attached hydrogen (secondary N) is 1. The minimum absolute atomic E-state index is 0.332. The van der Waals surface area contributed by atoms with Crippen molar-refractivity contribution >= 4 is 11.8 Å². The van der Waals surface area contributed by atoms with Crippen molar-refractivity contribution in [3.63, 3.8) is 0 Å². The minimum Gasteiger partial charge on any atom is -0.394 e. The number of rotatable bonds is 4. The van der Waals surface area contributed by atoms with E-state index in [0.29, 0.717) is 31.6 Å². The van der Waals surface area contributed by atoms with Gasteiger partial charge in [-0.1, -0.05) is 6.07 Å². The van der Waals surface area contributed by atoms with E-state index in [2.05, 4.69) is 10.3 Å². The van der Waals surface area contributed by atoms with Gasteiger partial charge in [0.1, 0.15) is 11.6 Å². The van der Waals surface area contributed by atoms with Gasteiger partial charge in [-0.25, -0.2) is 0 Å². The number of nitrogens with zero attached hydrogens (tertiary/aromatic N) is 2. The maximum atomic E-state index is 12.3. The van der Waals surface area contributed by atoms with Crippen LogP contribution in [0.4, 0.5) is 0 Å². The molecule has 0 saturated carbocycles. The molecule has 1 saturated heterocycles. The largest absolute Gasteiger partial charge is 0.394 e. The van der Waals surface area contributed by atoms with Crippen LogP contribution in [0.3, 0.4) is 0 Å². The Hall–Kier alpha value is -1.99. The van der Waals surface area contributed by atoms with Crippen LogP contribution in [-0.4, -0.2) is 57.6 Å². The first-order valence-corrected chi connectivity index (χ1v) is 7.68. The first kappa shape index (κ1) is 17.4. The van der Waals surface area contributed by atoms with Gasteiger partial charge in [0, 0.05) is 26.2 Å². The predicted octanol–water partition coefficient (Wildman–Crippen LogP) is -0.303. The third kappa shape index (κ3) is 4.05. The molecule has 1 fully saturated rings. The second-order valence-corrected chi connectivity index (χ2v) is 6.01. The molecule has 7 heteroatoms. The van der Waals surface area contributed by atoms with E-state index in [4.69, 9.17) is 0 Å². The summed E-state index contributed by atoms with van der Waals surface area (Å²) in [5.74, 6) is -0.698. The van der Waals surface area contributed by atoms with Crippen LogP contribution >= 0.6 is 0 Å². The van der Waals surface area contributed by atoms with Crippen molar-refractivity contribution in [1.82, 2.24) is 15.2 Å². The molecular formula is C16H23N3O4. The van der Waals surface area contributed by atoms with Gasteiger partial charge in [0.25, 0.3) is 0 Å². The zero-order chi connectivity index (χ0) is 17.0. The van der Waals surface area contributed by atoms with Crippen LogP contribution in [0.25, 0.3) is 0 Å². The summed E-state index contributed by atoms with van der Waals surface area (Å²) in [4.78, 5) is 29.2. The number of hydrogen-bond acceptors (Lipinski definition) is 5. The third-order valence-corrected chi connectivity index (χ3v) is 4.15. The Morgan fingerprint density at radius 3 is 2.52 bits per heavy atom. The van der Waals surface area contributed by atoms with E-state index in [-0.39, 0.29) is 11.8 Å². The number of aliphatic hydroxyl groups is 2. The summed E-state index contributed by atoms with van der Waals surface area (Å²) < 4.78 is 0. The standard InChI is InChI=1S/C16H23N3O4/c1-11-3-4-14(17-9-11)16(23)5-7-19(8-6-16)15(22)13(10-20)18-12(2)21/h3-4,9,13,20,23H,5-8,10H2,1-2H3,(H,18,21)/t13-/m1/s1. The van der Waals surface area contributed by atoms with Crippen molar-refractivity contribution in [3.05, 3.63) is 29.6 Å². The lowest BCUT2D eigenvalue weighted by molar-refractivity contribution is -0.141. The molecule has 1 aromatic rings. The number of carbonyl (C=O) groups is 2. The highest BCUT2D eigenvalue weighted by atomic mass is 16.3. The highest BCUT2D eigenvalue weighted by Crippen LogP contribution is 2.31. The van der Waals surface area contributed by atoms with Crippen molar-refractivity contribution in [2.75, 3.05) is 19.7 Å². The summed E-state index contributed by atoms with van der Waals surface area (Å²) in [6, 6.07) is 2.77. The molecule has 0 unspecified atom stereocenters. The van der Waals surface area contributed by atoms with E-state index in [1.54, 1.807) is 17.2 Å². The van der Waals surface area contributed by atoms with Crippen molar-refractivity contribution in [3.8, 4) is 0 Å². The topological polar surface area (TPSA) is 103 Å². The van der Waals surface area contributed by atoms with E-state index < -0.39 is 18.2 Å². The van der Waals surface area contributed by atoms with Crippen molar-refractivity contribution in [2.24, 2.45) is 0 Å². The Balaban J connectivity index is 2.01. The zero-order valence-electron chi connectivity index (χ0n) is 13.5. The van der Waals surface area contributed by atoms with E-state index in [1.807, 2.05) is 13.0 Å². The van der Waals surface area contributed by atoms with Gasteiger partial charge in [-0.3, -0.25) is 14.6 Å².